The van der Waals surface area contributed by atoms with Gasteiger partial charge in [-0.15, -0.1) is 0 Å². The highest BCUT2D eigenvalue weighted by Gasteiger charge is 2.47. The first-order valence-corrected chi connectivity index (χ1v) is 9.26. The number of amides is 1. The van der Waals surface area contributed by atoms with Crippen LogP contribution in [0, 0.1) is 0 Å². The Morgan fingerprint density at radius 3 is 2.24 bits per heavy atom. The smallest absolute Gasteiger partial charge is 0.300 e. The van der Waals surface area contributed by atoms with Crippen molar-refractivity contribution in [3.05, 3.63) is 101 Å². The summed E-state index contributed by atoms with van der Waals surface area (Å²) < 4.78 is 0. The van der Waals surface area contributed by atoms with E-state index in [4.69, 9.17) is 11.6 Å². The van der Waals surface area contributed by atoms with Crippen LogP contribution >= 0.6 is 11.6 Å². The highest BCUT2D eigenvalue weighted by molar-refractivity contribution is 6.51. The molecule has 1 heterocycles. The predicted molar refractivity (Wildman–Crippen MR) is 111 cm³/mol. The molecule has 0 saturated carbocycles. The van der Waals surface area contributed by atoms with Crippen molar-refractivity contribution in [2.75, 3.05) is 4.90 Å². The number of halogens is 1. The molecule has 1 aliphatic rings. The summed E-state index contributed by atoms with van der Waals surface area (Å²) in [6.45, 7) is 0. The molecule has 1 unspecified atom stereocenters. The molecule has 144 valence electrons. The van der Waals surface area contributed by atoms with E-state index in [9.17, 15) is 19.8 Å². The first-order chi connectivity index (χ1) is 14.0. The second-order valence-electron chi connectivity index (χ2n) is 6.61. The lowest BCUT2D eigenvalue weighted by Crippen LogP contribution is -2.29. The Labute approximate surface area is 172 Å². The molecule has 29 heavy (non-hydrogen) atoms. The molecule has 0 bridgehead atoms. The average molecular weight is 406 g/mol. The van der Waals surface area contributed by atoms with Crippen molar-refractivity contribution >= 4 is 34.7 Å². The van der Waals surface area contributed by atoms with Crippen LogP contribution in [0.5, 0.6) is 5.75 Å². The van der Waals surface area contributed by atoms with Gasteiger partial charge in [0.05, 0.1) is 11.6 Å². The first-order valence-electron chi connectivity index (χ1n) is 8.88. The van der Waals surface area contributed by atoms with Gasteiger partial charge in [0.15, 0.2) is 0 Å². The molecule has 0 spiro atoms. The molecule has 3 aromatic carbocycles. The third-order valence-corrected chi connectivity index (χ3v) is 5.03. The van der Waals surface area contributed by atoms with Gasteiger partial charge in [-0.25, -0.2) is 0 Å². The highest BCUT2D eigenvalue weighted by atomic mass is 35.5. The van der Waals surface area contributed by atoms with E-state index < -0.39 is 17.7 Å². The van der Waals surface area contributed by atoms with Crippen molar-refractivity contribution in [3.8, 4) is 5.75 Å². The van der Waals surface area contributed by atoms with Crippen molar-refractivity contribution in [2.45, 2.75) is 6.04 Å². The molecule has 6 heteroatoms. The van der Waals surface area contributed by atoms with Gasteiger partial charge < -0.3 is 10.2 Å². The minimum Gasteiger partial charge on any atom is -0.508 e. The van der Waals surface area contributed by atoms with Crippen molar-refractivity contribution in [2.24, 2.45) is 0 Å². The van der Waals surface area contributed by atoms with Crippen LogP contribution in [0.2, 0.25) is 5.02 Å². The number of nitrogens with zero attached hydrogens (tertiary/aromatic N) is 1. The van der Waals surface area contributed by atoms with Crippen LogP contribution in [0.1, 0.15) is 17.2 Å². The summed E-state index contributed by atoms with van der Waals surface area (Å²) in [7, 11) is 0. The zero-order valence-electron chi connectivity index (χ0n) is 15.1. The zero-order valence-corrected chi connectivity index (χ0v) is 15.9. The summed E-state index contributed by atoms with van der Waals surface area (Å²) in [6.07, 6.45) is 0. The topological polar surface area (TPSA) is 77.8 Å². The SMILES string of the molecule is O=C1C(=O)N(c2ccc(Cl)cc2)C(c2cccc(O)c2)/C1=C(/O)c1ccccc1. The quantitative estimate of drug-likeness (QED) is 0.377. The fourth-order valence-corrected chi connectivity index (χ4v) is 3.59. The fraction of sp³-hybridized carbons (Fsp3) is 0.0435. The third kappa shape index (κ3) is 3.37. The summed E-state index contributed by atoms with van der Waals surface area (Å²) in [5, 5.41) is 21.4. The monoisotopic (exact) mass is 405 g/mol. The van der Waals surface area contributed by atoms with Crippen LogP contribution in [0.25, 0.3) is 5.76 Å². The Bertz CT molecular complexity index is 1120. The standard InChI is InChI=1S/C23H16ClNO4/c24-16-9-11-17(12-10-16)25-20(15-7-4-8-18(26)13-15)19(22(28)23(25)29)21(27)14-5-2-1-3-6-14/h1-13,20,26-27H/b21-19-. The number of aliphatic hydroxyl groups is 1. The number of phenols is 1. The van der Waals surface area contributed by atoms with Gasteiger partial charge in [-0.05, 0) is 42.0 Å². The van der Waals surface area contributed by atoms with Crippen LogP contribution in [0.15, 0.2) is 84.4 Å². The lowest BCUT2D eigenvalue weighted by Gasteiger charge is -2.25. The number of rotatable bonds is 3. The second-order valence-corrected chi connectivity index (χ2v) is 7.04. The number of phenolic OH excluding ortho intramolecular Hbond substituents is 1. The maximum Gasteiger partial charge on any atom is 0.300 e. The molecule has 0 radical (unpaired) electrons. The number of carbonyl (C=O) groups is 2. The van der Waals surface area contributed by atoms with Crippen molar-refractivity contribution in [1.82, 2.24) is 0 Å². The normalized spacial score (nSPS) is 18.2. The molecule has 4 rings (SSSR count). The minimum atomic E-state index is -0.900. The van der Waals surface area contributed by atoms with E-state index in [1.165, 1.54) is 17.0 Å². The largest absolute Gasteiger partial charge is 0.508 e. The van der Waals surface area contributed by atoms with E-state index in [0.29, 0.717) is 21.8 Å². The van der Waals surface area contributed by atoms with Gasteiger partial charge in [0, 0.05) is 16.3 Å². The van der Waals surface area contributed by atoms with Gasteiger partial charge >= 0.3 is 0 Å². The molecule has 0 aliphatic carbocycles. The van der Waals surface area contributed by atoms with Crippen molar-refractivity contribution in [1.29, 1.82) is 0 Å². The van der Waals surface area contributed by atoms with E-state index in [0.717, 1.165) is 0 Å². The Morgan fingerprint density at radius 1 is 0.897 bits per heavy atom. The lowest BCUT2D eigenvalue weighted by molar-refractivity contribution is -0.132. The number of aromatic hydroxyl groups is 1. The Morgan fingerprint density at radius 2 is 1.59 bits per heavy atom. The highest BCUT2D eigenvalue weighted by Crippen LogP contribution is 2.42. The molecule has 0 aromatic heterocycles. The maximum atomic E-state index is 12.9. The van der Waals surface area contributed by atoms with Gasteiger partial charge in [-0.1, -0.05) is 54.1 Å². The number of carbonyl (C=O) groups excluding carboxylic acids is 2. The second kappa shape index (κ2) is 7.45. The van der Waals surface area contributed by atoms with Gasteiger partial charge in [0.25, 0.3) is 11.7 Å². The van der Waals surface area contributed by atoms with Crippen molar-refractivity contribution in [3.63, 3.8) is 0 Å². The van der Waals surface area contributed by atoms with Crippen LogP contribution in [0.3, 0.4) is 0 Å². The summed E-state index contributed by atoms with van der Waals surface area (Å²) in [5.74, 6) is -1.84. The molecule has 1 fully saturated rings. The zero-order chi connectivity index (χ0) is 20.5. The van der Waals surface area contributed by atoms with Crippen LogP contribution in [0.4, 0.5) is 5.69 Å². The Hall–Kier alpha value is -3.57. The van der Waals surface area contributed by atoms with Crippen LogP contribution < -0.4 is 4.90 Å². The number of benzene rings is 3. The van der Waals surface area contributed by atoms with Gasteiger partial charge in [-0.2, -0.15) is 0 Å². The molecular formula is C23H16ClNO4. The predicted octanol–water partition coefficient (Wildman–Crippen LogP) is 4.67. The summed E-state index contributed by atoms with van der Waals surface area (Å²) >= 11 is 5.96. The van der Waals surface area contributed by atoms with Crippen molar-refractivity contribution < 1.29 is 19.8 Å². The minimum absolute atomic E-state index is 0.0103. The molecule has 5 nitrogen and oxygen atoms in total. The maximum absolute atomic E-state index is 12.9. The van der Waals surface area contributed by atoms with E-state index in [1.54, 1.807) is 66.7 Å². The van der Waals surface area contributed by atoms with E-state index in [2.05, 4.69) is 0 Å². The molecule has 1 saturated heterocycles. The number of Topliss-reactive ketones (excluding diaryl/α,β-unsaturated/α-hetero) is 1. The fourth-order valence-electron chi connectivity index (χ4n) is 3.46. The van der Waals surface area contributed by atoms with Crippen LogP contribution in [-0.4, -0.2) is 21.9 Å². The number of aliphatic hydroxyl groups excluding tert-OH is 1. The molecular weight excluding hydrogens is 390 g/mol. The van der Waals surface area contributed by atoms with E-state index >= 15 is 0 Å². The number of hydrogen-bond donors (Lipinski definition) is 2. The van der Waals surface area contributed by atoms with Gasteiger partial charge in [0.1, 0.15) is 11.5 Å². The molecule has 1 amide bonds. The number of anilines is 1. The van der Waals surface area contributed by atoms with E-state index in [1.807, 2.05) is 0 Å². The average Bonchev–Trinajstić information content (AvgIpc) is 3.00. The molecule has 2 N–H and O–H groups in total. The Kier molecular flexibility index (Phi) is 4.82. The summed E-state index contributed by atoms with van der Waals surface area (Å²) in [6, 6.07) is 20.4. The van der Waals surface area contributed by atoms with E-state index in [-0.39, 0.29) is 17.1 Å². The number of hydrogen-bond acceptors (Lipinski definition) is 4. The number of ketones is 1. The Balaban J connectivity index is 1.96. The lowest BCUT2D eigenvalue weighted by atomic mass is 9.95. The molecule has 1 aliphatic heterocycles. The summed E-state index contributed by atoms with van der Waals surface area (Å²) in [4.78, 5) is 27.2. The van der Waals surface area contributed by atoms with Gasteiger partial charge in [0.2, 0.25) is 0 Å². The van der Waals surface area contributed by atoms with Gasteiger partial charge in [-0.3, -0.25) is 14.5 Å². The summed E-state index contributed by atoms with van der Waals surface area (Å²) in [5.41, 5.74) is 1.34. The molecule has 1 atom stereocenters. The third-order valence-electron chi connectivity index (χ3n) is 4.78. The molecule has 3 aromatic rings. The van der Waals surface area contributed by atoms with Crippen LogP contribution in [-0.2, 0) is 9.59 Å². The first kappa shape index (κ1) is 18.8.